The van der Waals surface area contributed by atoms with E-state index in [1.165, 1.54) is 12.8 Å². The number of halogens is 1. The van der Waals surface area contributed by atoms with Gasteiger partial charge in [-0.15, -0.1) is 0 Å². The van der Waals surface area contributed by atoms with E-state index in [0.717, 1.165) is 42.3 Å². The van der Waals surface area contributed by atoms with Gasteiger partial charge in [0.05, 0.1) is 17.6 Å². The Kier molecular flexibility index (Phi) is 6.34. The first kappa shape index (κ1) is 22.9. The van der Waals surface area contributed by atoms with E-state index >= 15 is 0 Å². The van der Waals surface area contributed by atoms with E-state index < -0.39 is 5.54 Å². The van der Waals surface area contributed by atoms with Gasteiger partial charge in [-0.25, -0.2) is 4.98 Å². The van der Waals surface area contributed by atoms with Gasteiger partial charge in [0.15, 0.2) is 5.82 Å². The largest absolute Gasteiger partial charge is 0.351 e. The van der Waals surface area contributed by atoms with Crippen molar-refractivity contribution in [2.24, 2.45) is 0 Å². The van der Waals surface area contributed by atoms with Gasteiger partial charge in [0.25, 0.3) is 5.91 Å². The Morgan fingerprint density at radius 1 is 1.09 bits per heavy atom. The Bertz CT molecular complexity index is 1200. The van der Waals surface area contributed by atoms with E-state index in [4.69, 9.17) is 11.6 Å². The second kappa shape index (κ2) is 9.41. The van der Waals surface area contributed by atoms with Crippen LogP contribution in [0.3, 0.4) is 0 Å². The first-order valence-electron chi connectivity index (χ1n) is 12.3. The maximum Gasteiger partial charge on any atom is 0.290 e. The molecule has 1 atom stereocenters. The highest BCUT2D eigenvalue weighted by Crippen LogP contribution is 2.31. The zero-order valence-electron chi connectivity index (χ0n) is 19.6. The van der Waals surface area contributed by atoms with Crippen molar-refractivity contribution in [3.63, 3.8) is 0 Å². The fourth-order valence-electron chi connectivity index (χ4n) is 5.34. The third-order valence-electron chi connectivity index (χ3n) is 7.37. The van der Waals surface area contributed by atoms with Crippen LogP contribution in [0.25, 0.3) is 11.0 Å². The van der Waals surface area contributed by atoms with E-state index in [1.54, 1.807) is 4.90 Å². The fraction of sp³-hybridized carbons (Fsp3) is 0.444. The lowest BCUT2D eigenvalue weighted by Crippen LogP contribution is -2.65. The number of amides is 2. The molecule has 0 radical (unpaired) electrons. The summed E-state index contributed by atoms with van der Waals surface area (Å²) in [6.07, 6.45) is 7.35. The average molecular weight is 479 g/mol. The summed E-state index contributed by atoms with van der Waals surface area (Å²) in [5.41, 5.74) is 1.73. The molecule has 7 heteroatoms. The van der Waals surface area contributed by atoms with Crippen LogP contribution in [0.4, 0.5) is 0 Å². The van der Waals surface area contributed by atoms with Gasteiger partial charge in [-0.05, 0) is 56.0 Å². The summed E-state index contributed by atoms with van der Waals surface area (Å²) in [5.74, 6) is 0.124. The summed E-state index contributed by atoms with van der Waals surface area (Å²) in [7, 11) is 0. The number of hydrogen-bond donors (Lipinski definition) is 1. The van der Waals surface area contributed by atoms with E-state index in [9.17, 15) is 9.59 Å². The monoisotopic (exact) mass is 478 g/mol. The molecule has 5 rings (SSSR count). The Labute approximate surface area is 205 Å². The number of hydrogen-bond acceptors (Lipinski definition) is 3. The lowest BCUT2D eigenvalue weighted by molar-refractivity contribution is -0.133. The van der Waals surface area contributed by atoms with Crippen LogP contribution >= 0.6 is 11.6 Å². The minimum atomic E-state index is -1.01. The second-order valence-corrected chi connectivity index (χ2v) is 10.2. The van der Waals surface area contributed by atoms with Crippen molar-refractivity contribution in [2.45, 2.75) is 70.0 Å². The van der Waals surface area contributed by atoms with Crippen LogP contribution in [-0.4, -0.2) is 44.4 Å². The zero-order valence-corrected chi connectivity index (χ0v) is 20.4. The summed E-state index contributed by atoms with van der Waals surface area (Å²) >= 11 is 6.04. The quantitative estimate of drug-likeness (QED) is 0.525. The molecule has 34 heavy (non-hydrogen) atoms. The molecule has 6 nitrogen and oxygen atoms in total. The summed E-state index contributed by atoms with van der Waals surface area (Å²) in [4.78, 5) is 34.0. The summed E-state index contributed by atoms with van der Waals surface area (Å²) in [5, 5.41) is 3.99. The minimum absolute atomic E-state index is 0.0766. The fourth-order valence-corrected chi connectivity index (χ4v) is 5.46. The minimum Gasteiger partial charge on any atom is -0.351 e. The Hall–Kier alpha value is -2.86. The molecule has 2 aromatic carbocycles. The number of nitrogens with one attached hydrogen (secondary N) is 1. The van der Waals surface area contributed by atoms with Crippen LogP contribution in [0.5, 0.6) is 0 Å². The van der Waals surface area contributed by atoms with Crippen LogP contribution in [0.15, 0.2) is 48.5 Å². The number of fused-ring (bicyclic) bond motifs is 3. The summed E-state index contributed by atoms with van der Waals surface area (Å²) in [6, 6.07) is 15.5. The van der Waals surface area contributed by atoms with Crippen LogP contribution in [-0.2, 0) is 17.8 Å². The van der Waals surface area contributed by atoms with Crippen molar-refractivity contribution in [3.05, 3.63) is 64.9 Å². The maximum atomic E-state index is 13.8. The number of aromatic nitrogens is 2. The highest BCUT2D eigenvalue weighted by molar-refractivity contribution is 6.30. The smallest absolute Gasteiger partial charge is 0.290 e. The molecule has 1 aliphatic carbocycles. The Morgan fingerprint density at radius 3 is 2.53 bits per heavy atom. The summed E-state index contributed by atoms with van der Waals surface area (Å²) in [6.45, 7) is 2.71. The number of imidazole rings is 1. The molecule has 1 saturated carbocycles. The maximum absolute atomic E-state index is 13.8. The molecule has 0 spiro atoms. The molecule has 178 valence electrons. The number of benzene rings is 2. The normalized spacial score (nSPS) is 21.4. The predicted molar refractivity (Wildman–Crippen MR) is 134 cm³/mol. The lowest BCUT2D eigenvalue weighted by Gasteiger charge is -2.44. The highest BCUT2D eigenvalue weighted by Gasteiger charge is 2.48. The standard InChI is InChI=1S/C27H31ClN4O2/c1-27(26(34)29-21-8-4-2-3-5-9-21)18-31-23-11-7-6-10-22(23)30-24(31)25(33)32(27)17-16-19-12-14-20(28)15-13-19/h6-7,10-15,21H,2-5,8-9,16-18H2,1H3,(H,29,34)/t27-/m0/s1. The van der Waals surface area contributed by atoms with Crippen LogP contribution in [0.2, 0.25) is 5.02 Å². The van der Waals surface area contributed by atoms with E-state index in [2.05, 4.69) is 10.3 Å². The Balaban J connectivity index is 1.47. The topological polar surface area (TPSA) is 67.2 Å². The van der Waals surface area contributed by atoms with E-state index in [1.807, 2.05) is 60.0 Å². The molecule has 1 aliphatic heterocycles. The molecule has 2 heterocycles. The van der Waals surface area contributed by atoms with Crippen molar-refractivity contribution in [3.8, 4) is 0 Å². The van der Waals surface area contributed by atoms with Crippen molar-refractivity contribution in [2.75, 3.05) is 6.54 Å². The van der Waals surface area contributed by atoms with E-state index in [-0.39, 0.29) is 17.9 Å². The van der Waals surface area contributed by atoms with Crippen molar-refractivity contribution < 1.29 is 9.59 Å². The molecule has 1 fully saturated rings. The van der Waals surface area contributed by atoms with Gasteiger partial charge in [0, 0.05) is 17.6 Å². The molecular weight excluding hydrogens is 448 g/mol. The predicted octanol–water partition coefficient (Wildman–Crippen LogP) is 4.99. The zero-order chi connectivity index (χ0) is 23.7. The SMILES string of the molecule is C[C@@]1(C(=O)NC2CCCCCC2)Cn2c(nc3ccccc32)C(=O)N1CCc1ccc(Cl)cc1. The third-order valence-corrected chi connectivity index (χ3v) is 7.62. The Morgan fingerprint density at radius 2 is 1.79 bits per heavy atom. The van der Waals surface area contributed by atoms with Crippen molar-refractivity contribution in [1.82, 2.24) is 19.8 Å². The second-order valence-electron chi connectivity index (χ2n) is 9.78. The van der Waals surface area contributed by atoms with Gasteiger partial charge < -0.3 is 14.8 Å². The number of carbonyl (C=O) groups excluding carboxylic acids is 2. The highest BCUT2D eigenvalue weighted by atomic mass is 35.5. The molecule has 0 unspecified atom stereocenters. The molecule has 2 aliphatic rings. The van der Waals surface area contributed by atoms with Gasteiger partial charge in [0.1, 0.15) is 5.54 Å². The molecule has 0 saturated heterocycles. The molecule has 0 bridgehead atoms. The van der Waals surface area contributed by atoms with Gasteiger partial charge >= 0.3 is 0 Å². The first-order valence-corrected chi connectivity index (χ1v) is 12.7. The molecule has 1 N–H and O–H groups in total. The molecule has 1 aromatic heterocycles. The van der Waals surface area contributed by atoms with E-state index in [0.29, 0.717) is 30.4 Å². The number of rotatable bonds is 5. The van der Waals surface area contributed by atoms with Crippen molar-refractivity contribution >= 4 is 34.4 Å². The van der Waals surface area contributed by atoms with Gasteiger partial charge in [-0.2, -0.15) is 0 Å². The number of nitrogens with zero attached hydrogens (tertiary/aromatic N) is 3. The van der Waals surface area contributed by atoms with Crippen molar-refractivity contribution in [1.29, 1.82) is 0 Å². The molecule has 2 amide bonds. The van der Waals surface area contributed by atoms with Crippen LogP contribution < -0.4 is 5.32 Å². The molecular formula is C27H31ClN4O2. The molecule has 3 aromatic rings. The summed E-state index contributed by atoms with van der Waals surface area (Å²) < 4.78 is 1.92. The van der Waals surface area contributed by atoms with Gasteiger partial charge in [-0.1, -0.05) is 61.5 Å². The third kappa shape index (κ3) is 4.31. The lowest BCUT2D eigenvalue weighted by atomic mass is 9.93. The first-order chi connectivity index (χ1) is 16.5. The van der Waals surface area contributed by atoms with Gasteiger partial charge in [0.2, 0.25) is 5.91 Å². The van der Waals surface area contributed by atoms with Gasteiger partial charge in [-0.3, -0.25) is 9.59 Å². The number of para-hydroxylation sites is 2. The average Bonchev–Trinajstić information content (AvgIpc) is 3.00. The van der Waals surface area contributed by atoms with Crippen LogP contribution in [0, 0.1) is 0 Å². The number of carbonyl (C=O) groups is 2. The van der Waals surface area contributed by atoms with Crippen LogP contribution in [0.1, 0.15) is 61.6 Å².